The van der Waals surface area contributed by atoms with E-state index in [4.69, 9.17) is 28.4 Å². The third-order valence-corrected chi connectivity index (χ3v) is 6.70. The number of ketones is 1. The molecule has 11 nitrogen and oxygen atoms in total. The molecule has 0 aliphatic carbocycles. The highest BCUT2D eigenvalue weighted by atomic mass is 19.1. The van der Waals surface area contributed by atoms with Crippen LogP contribution in [0.4, 0.5) is 13.6 Å². The molecule has 1 heterocycles. The zero-order valence-corrected chi connectivity index (χ0v) is 28.3. The van der Waals surface area contributed by atoms with Gasteiger partial charge < -0.3 is 38.7 Å². The van der Waals surface area contributed by atoms with E-state index in [1.54, 1.807) is 45.0 Å². The molecule has 49 heavy (non-hydrogen) atoms. The number of H-pyrrole nitrogens is 1. The van der Waals surface area contributed by atoms with Crippen LogP contribution < -0.4 is 5.32 Å². The maximum Gasteiger partial charge on any atom is 0.407 e. The van der Waals surface area contributed by atoms with Crippen molar-refractivity contribution in [3.8, 4) is 23.0 Å². The van der Waals surface area contributed by atoms with E-state index in [2.05, 4.69) is 22.1 Å². The Morgan fingerprint density at radius 3 is 2.02 bits per heavy atom. The van der Waals surface area contributed by atoms with Gasteiger partial charge in [0.25, 0.3) is 0 Å². The number of halogens is 2. The van der Waals surface area contributed by atoms with Gasteiger partial charge in [-0.25, -0.2) is 18.4 Å². The summed E-state index contributed by atoms with van der Waals surface area (Å²) >= 11 is 0. The summed E-state index contributed by atoms with van der Waals surface area (Å²) in [4.78, 5) is 40.1. The number of benzene rings is 2. The first-order valence-electron chi connectivity index (χ1n) is 15.6. The Balaban J connectivity index is 1.36. The summed E-state index contributed by atoms with van der Waals surface area (Å²) in [5.74, 6) is 3.04. The van der Waals surface area contributed by atoms with Gasteiger partial charge in [-0.3, -0.25) is 4.79 Å². The number of ether oxygens (including phenoxy) is 6. The molecule has 2 N–H and O–H groups in total. The van der Waals surface area contributed by atoms with Gasteiger partial charge in [-0.2, -0.15) is 0 Å². The van der Waals surface area contributed by atoms with Crippen molar-refractivity contribution in [1.82, 2.24) is 10.3 Å². The first-order chi connectivity index (χ1) is 23.4. The fourth-order valence-corrected chi connectivity index (χ4v) is 4.40. The van der Waals surface area contributed by atoms with Crippen LogP contribution in [-0.4, -0.2) is 94.9 Å². The van der Waals surface area contributed by atoms with Gasteiger partial charge in [-0.1, -0.05) is 11.8 Å². The summed E-state index contributed by atoms with van der Waals surface area (Å²) in [7, 11) is 1.16. The Morgan fingerprint density at radius 1 is 0.816 bits per heavy atom. The fraction of sp³-hybridized carbons (Fsp3) is 0.417. The average molecular weight is 685 g/mol. The Bertz CT molecular complexity index is 1620. The van der Waals surface area contributed by atoms with E-state index in [1.165, 1.54) is 13.1 Å². The molecule has 0 unspecified atom stereocenters. The molecule has 0 aliphatic rings. The van der Waals surface area contributed by atoms with E-state index in [1.807, 2.05) is 0 Å². The maximum absolute atomic E-state index is 14.9. The first-order valence-corrected chi connectivity index (χ1v) is 15.6. The number of aromatic amines is 1. The second-order valence-corrected chi connectivity index (χ2v) is 11.5. The Kier molecular flexibility index (Phi) is 15.4. The summed E-state index contributed by atoms with van der Waals surface area (Å²) in [6.45, 7) is 9.90. The number of nitrogens with one attached hydrogen (secondary N) is 2. The topological polar surface area (TPSA) is 134 Å². The third-order valence-electron chi connectivity index (χ3n) is 6.70. The minimum Gasteiger partial charge on any atom is -0.465 e. The molecule has 264 valence electrons. The number of carbonyl (C=O) groups excluding carboxylic acids is 3. The predicted molar refractivity (Wildman–Crippen MR) is 176 cm³/mol. The minimum absolute atomic E-state index is 0.0475. The molecule has 0 radical (unpaired) electrons. The highest BCUT2D eigenvalue weighted by Gasteiger charge is 2.28. The summed E-state index contributed by atoms with van der Waals surface area (Å²) in [6.07, 6.45) is 0.760. The third kappa shape index (κ3) is 12.4. The lowest BCUT2D eigenvalue weighted by molar-refractivity contribution is 0.00125. The van der Waals surface area contributed by atoms with E-state index in [0.717, 1.165) is 19.2 Å². The Morgan fingerprint density at radius 2 is 1.41 bits per heavy atom. The Hall–Kier alpha value is -4.61. The molecule has 0 aliphatic heterocycles. The average Bonchev–Trinajstić information content (AvgIpc) is 3.49. The predicted octanol–water partition coefficient (Wildman–Crippen LogP) is 5.23. The normalized spacial score (nSPS) is 11.1. The lowest BCUT2D eigenvalue weighted by Crippen LogP contribution is -2.34. The van der Waals surface area contributed by atoms with Crippen LogP contribution in [0.3, 0.4) is 0 Å². The van der Waals surface area contributed by atoms with Gasteiger partial charge in [0.15, 0.2) is 0 Å². The van der Waals surface area contributed by atoms with Crippen molar-refractivity contribution in [2.24, 2.45) is 0 Å². The summed E-state index contributed by atoms with van der Waals surface area (Å²) in [5.41, 5.74) is -0.155. The van der Waals surface area contributed by atoms with Gasteiger partial charge >= 0.3 is 12.1 Å². The quantitative estimate of drug-likeness (QED) is 0.0849. The van der Waals surface area contributed by atoms with E-state index >= 15 is 0 Å². The SMILES string of the molecule is COC(=O)c1c[nH]c(C(=O)c2ccc(C#CCOCCOCCOCCOCCNC(=O)OC(C)(C)C)cc2)c1-c1c(F)ccc(F)c1C. The van der Waals surface area contributed by atoms with Gasteiger partial charge in [-0.15, -0.1) is 0 Å². The molecule has 0 saturated heterocycles. The van der Waals surface area contributed by atoms with E-state index in [9.17, 15) is 23.2 Å². The zero-order chi connectivity index (χ0) is 35.8. The van der Waals surface area contributed by atoms with Crippen LogP contribution in [0.25, 0.3) is 11.1 Å². The molecule has 3 rings (SSSR count). The fourth-order valence-electron chi connectivity index (χ4n) is 4.40. The van der Waals surface area contributed by atoms with E-state index < -0.39 is 35.1 Å². The van der Waals surface area contributed by atoms with E-state index in [0.29, 0.717) is 58.4 Å². The lowest BCUT2D eigenvalue weighted by atomic mass is 9.93. The second-order valence-electron chi connectivity index (χ2n) is 11.5. The lowest BCUT2D eigenvalue weighted by Gasteiger charge is -2.19. The van der Waals surface area contributed by atoms with Crippen LogP contribution in [0.5, 0.6) is 0 Å². The molecule has 2 aromatic carbocycles. The second kappa shape index (κ2) is 19.4. The van der Waals surface area contributed by atoms with Crippen molar-refractivity contribution in [3.63, 3.8) is 0 Å². The molecule has 0 saturated carbocycles. The molecular formula is C36H42F2N2O9. The minimum atomic E-state index is -0.803. The molecule has 1 amide bonds. The highest BCUT2D eigenvalue weighted by Crippen LogP contribution is 2.35. The number of aromatic nitrogens is 1. The van der Waals surface area contributed by atoms with Crippen molar-refractivity contribution in [2.75, 3.05) is 66.5 Å². The summed E-state index contributed by atoms with van der Waals surface area (Å²) in [5, 5.41) is 2.61. The molecule has 0 atom stereocenters. The number of methoxy groups -OCH3 is 1. The number of carbonyl (C=O) groups is 3. The molecule has 0 fully saturated rings. The standard InChI is InChI=1S/C36H42F2N2O9/c1-24-28(37)12-13-29(38)30(24)31-27(34(42)44-5)23-40-32(31)33(41)26-10-8-25(9-11-26)7-6-15-45-17-19-47-21-22-48-20-18-46-16-14-39-35(43)49-36(2,3)4/h8-13,23,40H,14-22H2,1-5H3,(H,39,43). The maximum atomic E-state index is 14.9. The number of alkyl carbamates (subject to hydrolysis) is 1. The van der Waals surface area contributed by atoms with Crippen molar-refractivity contribution in [3.05, 3.63) is 82.2 Å². The van der Waals surface area contributed by atoms with Gasteiger partial charge in [0, 0.05) is 35.0 Å². The van der Waals surface area contributed by atoms with Gasteiger partial charge in [0.1, 0.15) is 23.8 Å². The van der Waals surface area contributed by atoms with Gasteiger partial charge in [0.05, 0.1) is 64.6 Å². The number of rotatable bonds is 17. The highest BCUT2D eigenvalue weighted by molar-refractivity contribution is 6.15. The molecule has 0 spiro atoms. The first kappa shape index (κ1) is 38.8. The molecule has 0 bridgehead atoms. The molecule has 13 heteroatoms. The van der Waals surface area contributed by atoms with Gasteiger partial charge in [0.2, 0.25) is 5.78 Å². The number of amides is 1. The van der Waals surface area contributed by atoms with Crippen LogP contribution in [0.2, 0.25) is 0 Å². The van der Waals surface area contributed by atoms with Crippen molar-refractivity contribution in [1.29, 1.82) is 0 Å². The monoisotopic (exact) mass is 684 g/mol. The number of hydrogen-bond acceptors (Lipinski definition) is 9. The van der Waals surface area contributed by atoms with Gasteiger partial charge in [-0.05, 0) is 69.7 Å². The van der Waals surface area contributed by atoms with Crippen molar-refractivity contribution in [2.45, 2.75) is 33.3 Å². The molecule has 1 aromatic heterocycles. The number of hydrogen-bond donors (Lipinski definition) is 2. The zero-order valence-electron chi connectivity index (χ0n) is 28.3. The Labute approximate surface area is 284 Å². The smallest absolute Gasteiger partial charge is 0.407 e. The van der Waals surface area contributed by atoms with Crippen LogP contribution in [0.1, 0.15) is 58.3 Å². The summed E-state index contributed by atoms with van der Waals surface area (Å²) in [6, 6.07) is 8.32. The number of esters is 1. The van der Waals surface area contributed by atoms with Crippen LogP contribution in [0, 0.1) is 30.4 Å². The largest absolute Gasteiger partial charge is 0.465 e. The molecular weight excluding hydrogens is 642 g/mol. The summed E-state index contributed by atoms with van der Waals surface area (Å²) < 4.78 is 61.0. The van der Waals surface area contributed by atoms with Crippen LogP contribution >= 0.6 is 0 Å². The van der Waals surface area contributed by atoms with Crippen LogP contribution in [0.15, 0.2) is 42.6 Å². The van der Waals surface area contributed by atoms with Crippen LogP contribution in [-0.2, 0) is 28.4 Å². The van der Waals surface area contributed by atoms with Crippen molar-refractivity contribution < 1.29 is 51.6 Å². The van der Waals surface area contributed by atoms with E-state index in [-0.39, 0.29) is 40.1 Å². The van der Waals surface area contributed by atoms with Crippen molar-refractivity contribution >= 4 is 17.8 Å². The molecule has 3 aromatic rings.